The lowest BCUT2D eigenvalue weighted by Gasteiger charge is -2.05. The summed E-state index contributed by atoms with van der Waals surface area (Å²) in [6, 6.07) is 23.7. The molecule has 0 aliphatic heterocycles. The zero-order valence-corrected chi connectivity index (χ0v) is 9.88. The Hall–Kier alpha value is -2.41. The molecule has 0 saturated heterocycles. The summed E-state index contributed by atoms with van der Waals surface area (Å²) in [4.78, 5) is 4.16. The van der Waals surface area contributed by atoms with Gasteiger partial charge in [0.15, 0.2) is 0 Å². The van der Waals surface area contributed by atoms with Crippen molar-refractivity contribution in [3.8, 4) is 22.3 Å². The fraction of sp³-hybridized carbons (Fsp3) is 0. The molecule has 18 heavy (non-hydrogen) atoms. The number of hydrogen-bond acceptors (Lipinski definition) is 1. The van der Waals surface area contributed by atoms with E-state index in [1.165, 1.54) is 11.1 Å². The Morgan fingerprint density at radius 3 is 2.44 bits per heavy atom. The summed E-state index contributed by atoms with van der Waals surface area (Å²) in [5, 5.41) is 0. The highest BCUT2D eigenvalue weighted by atomic mass is 14.6. The third-order valence-corrected chi connectivity index (χ3v) is 2.88. The molecule has 0 atom stereocenters. The van der Waals surface area contributed by atoms with Crippen molar-refractivity contribution in [1.29, 1.82) is 0 Å². The number of nitrogens with zero attached hydrogens (tertiary/aromatic N) is 1. The van der Waals surface area contributed by atoms with Crippen LogP contribution in [0.25, 0.3) is 22.3 Å². The van der Waals surface area contributed by atoms with Crippen molar-refractivity contribution < 1.29 is 0 Å². The number of pyridine rings is 1. The molecule has 0 fully saturated rings. The van der Waals surface area contributed by atoms with E-state index >= 15 is 0 Å². The zero-order valence-electron chi connectivity index (χ0n) is 9.88. The van der Waals surface area contributed by atoms with Crippen molar-refractivity contribution in [2.24, 2.45) is 0 Å². The first-order valence-corrected chi connectivity index (χ1v) is 5.91. The van der Waals surface area contributed by atoms with Gasteiger partial charge in [-0.2, -0.15) is 0 Å². The van der Waals surface area contributed by atoms with Crippen LogP contribution in [0.4, 0.5) is 0 Å². The minimum Gasteiger partial charge on any atom is -0.264 e. The number of aromatic nitrogens is 1. The molecular formula is C17H12N. The Balaban J connectivity index is 2.05. The molecule has 0 aliphatic carbocycles. The van der Waals surface area contributed by atoms with E-state index in [2.05, 4.69) is 47.4 Å². The number of rotatable bonds is 2. The Morgan fingerprint density at radius 2 is 1.67 bits per heavy atom. The lowest BCUT2D eigenvalue weighted by Crippen LogP contribution is -1.82. The van der Waals surface area contributed by atoms with Gasteiger partial charge < -0.3 is 0 Å². The van der Waals surface area contributed by atoms with Gasteiger partial charge in [-0.1, -0.05) is 48.5 Å². The fourth-order valence-corrected chi connectivity index (χ4v) is 1.97. The van der Waals surface area contributed by atoms with Crippen LogP contribution in [0, 0.1) is 6.07 Å². The van der Waals surface area contributed by atoms with Crippen LogP contribution in [0.1, 0.15) is 0 Å². The lowest BCUT2D eigenvalue weighted by molar-refractivity contribution is 1.33. The standard InChI is InChI=1S/C17H12N/c1-2-6-14(7-3-1)15-8-4-9-16(12-15)17-10-5-11-18-13-17/h1-6,8-13H. The second-order valence-corrected chi connectivity index (χ2v) is 4.10. The summed E-state index contributed by atoms with van der Waals surface area (Å²) in [5.41, 5.74) is 4.60. The summed E-state index contributed by atoms with van der Waals surface area (Å²) >= 11 is 0. The van der Waals surface area contributed by atoms with Gasteiger partial charge in [-0.3, -0.25) is 4.98 Å². The maximum absolute atomic E-state index is 4.16. The van der Waals surface area contributed by atoms with E-state index in [4.69, 9.17) is 0 Å². The maximum atomic E-state index is 4.16. The van der Waals surface area contributed by atoms with Crippen LogP contribution >= 0.6 is 0 Å². The first kappa shape index (κ1) is 10.7. The number of hydrogen-bond donors (Lipinski definition) is 0. The molecule has 1 heteroatoms. The molecule has 0 bridgehead atoms. The topological polar surface area (TPSA) is 12.9 Å². The summed E-state index contributed by atoms with van der Waals surface area (Å²) < 4.78 is 0. The summed E-state index contributed by atoms with van der Waals surface area (Å²) in [6.45, 7) is 0. The van der Waals surface area contributed by atoms with Gasteiger partial charge in [-0.05, 0) is 34.9 Å². The SMILES string of the molecule is [c]1ccccc1-c1cccc(-c2cccnc2)c1. The molecule has 3 aromatic rings. The predicted octanol–water partition coefficient (Wildman–Crippen LogP) is 4.22. The van der Waals surface area contributed by atoms with Crippen molar-refractivity contribution in [1.82, 2.24) is 4.98 Å². The molecule has 0 unspecified atom stereocenters. The monoisotopic (exact) mass is 230 g/mol. The highest BCUT2D eigenvalue weighted by Crippen LogP contribution is 2.25. The minimum atomic E-state index is 1.11. The van der Waals surface area contributed by atoms with Crippen LogP contribution in [-0.2, 0) is 0 Å². The molecule has 85 valence electrons. The minimum absolute atomic E-state index is 1.11. The Morgan fingerprint density at radius 1 is 0.778 bits per heavy atom. The van der Waals surface area contributed by atoms with Gasteiger partial charge >= 0.3 is 0 Å². The molecule has 0 aliphatic rings. The third kappa shape index (κ3) is 2.16. The molecule has 0 spiro atoms. The summed E-state index contributed by atoms with van der Waals surface area (Å²) in [6.07, 6.45) is 3.67. The highest BCUT2D eigenvalue weighted by molar-refractivity contribution is 5.72. The Labute approximate surface area is 107 Å². The highest BCUT2D eigenvalue weighted by Gasteiger charge is 2.00. The van der Waals surface area contributed by atoms with Crippen LogP contribution in [0.5, 0.6) is 0 Å². The largest absolute Gasteiger partial charge is 0.264 e. The molecule has 1 aromatic heterocycles. The van der Waals surface area contributed by atoms with Crippen LogP contribution in [0.3, 0.4) is 0 Å². The molecule has 0 N–H and O–H groups in total. The van der Waals surface area contributed by atoms with Gasteiger partial charge in [-0.15, -0.1) is 0 Å². The van der Waals surface area contributed by atoms with Crippen molar-refractivity contribution >= 4 is 0 Å². The van der Waals surface area contributed by atoms with Gasteiger partial charge in [0.25, 0.3) is 0 Å². The van der Waals surface area contributed by atoms with Gasteiger partial charge in [0.2, 0.25) is 0 Å². The van der Waals surface area contributed by atoms with Crippen LogP contribution in [0.2, 0.25) is 0 Å². The first-order valence-electron chi connectivity index (χ1n) is 5.91. The predicted molar refractivity (Wildman–Crippen MR) is 73.9 cm³/mol. The van der Waals surface area contributed by atoms with Crippen molar-refractivity contribution in [3.63, 3.8) is 0 Å². The van der Waals surface area contributed by atoms with E-state index in [-0.39, 0.29) is 0 Å². The van der Waals surface area contributed by atoms with Crippen molar-refractivity contribution in [3.05, 3.63) is 79.1 Å². The van der Waals surface area contributed by atoms with E-state index in [0.717, 1.165) is 11.1 Å². The van der Waals surface area contributed by atoms with E-state index in [0.29, 0.717) is 0 Å². The molecule has 1 heterocycles. The molecular weight excluding hydrogens is 218 g/mol. The molecule has 1 nitrogen and oxygen atoms in total. The van der Waals surface area contributed by atoms with E-state index < -0.39 is 0 Å². The second-order valence-electron chi connectivity index (χ2n) is 4.10. The average molecular weight is 230 g/mol. The smallest absolute Gasteiger partial charge is 0.0346 e. The van der Waals surface area contributed by atoms with Crippen LogP contribution < -0.4 is 0 Å². The first-order chi connectivity index (χ1) is 8.93. The third-order valence-electron chi connectivity index (χ3n) is 2.88. The van der Waals surface area contributed by atoms with Gasteiger partial charge in [0.1, 0.15) is 0 Å². The number of benzene rings is 2. The fourth-order valence-electron chi connectivity index (χ4n) is 1.97. The molecule has 0 saturated carbocycles. The van der Waals surface area contributed by atoms with Crippen LogP contribution in [0.15, 0.2) is 73.1 Å². The summed E-state index contributed by atoms with van der Waals surface area (Å²) in [7, 11) is 0. The normalized spacial score (nSPS) is 10.2. The van der Waals surface area contributed by atoms with E-state index in [9.17, 15) is 0 Å². The van der Waals surface area contributed by atoms with E-state index in [1.807, 2.05) is 30.5 Å². The Bertz CT molecular complexity index is 575. The molecule has 1 radical (unpaired) electrons. The second kappa shape index (κ2) is 4.84. The van der Waals surface area contributed by atoms with Gasteiger partial charge in [-0.25, -0.2) is 0 Å². The maximum Gasteiger partial charge on any atom is 0.0346 e. The van der Waals surface area contributed by atoms with E-state index in [1.54, 1.807) is 6.20 Å². The van der Waals surface area contributed by atoms with Crippen LogP contribution in [-0.4, -0.2) is 4.98 Å². The molecule has 0 amide bonds. The quantitative estimate of drug-likeness (QED) is 0.642. The lowest BCUT2D eigenvalue weighted by atomic mass is 10.0. The molecule has 3 rings (SSSR count). The van der Waals surface area contributed by atoms with Gasteiger partial charge in [0, 0.05) is 18.0 Å². The average Bonchev–Trinajstić information content (AvgIpc) is 2.49. The molecule has 2 aromatic carbocycles. The van der Waals surface area contributed by atoms with Crippen molar-refractivity contribution in [2.45, 2.75) is 0 Å². The Kier molecular flexibility index (Phi) is 2.89. The zero-order chi connectivity index (χ0) is 12.2. The van der Waals surface area contributed by atoms with Crippen molar-refractivity contribution in [2.75, 3.05) is 0 Å². The summed E-state index contributed by atoms with van der Waals surface area (Å²) in [5.74, 6) is 0. The van der Waals surface area contributed by atoms with Gasteiger partial charge in [0.05, 0.1) is 0 Å².